The van der Waals surface area contributed by atoms with Crippen molar-refractivity contribution in [2.75, 3.05) is 0 Å². The molecule has 4 N–H and O–H groups in total. The van der Waals surface area contributed by atoms with Crippen molar-refractivity contribution in [2.45, 2.75) is 33.1 Å². The van der Waals surface area contributed by atoms with Gasteiger partial charge in [-0.15, -0.1) is 0 Å². The third-order valence-corrected chi connectivity index (χ3v) is 3.61. The minimum atomic E-state index is -0.313. The number of hydrogen-bond donors (Lipinski definition) is 2. The topological polar surface area (TPSA) is 81.5 Å². The van der Waals surface area contributed by atoms with Crippen molar-refractivity contribution < 1.29 is 4.79 Å². The van der Waals surface area contributed by atoms with Crippen molar-refractivity contribution in [3.05, 3.63) is 40.5 Å². The second-order valence-corrected chi connectivity index (χ2v) is 4.90. The van der Waals surface area contributed by atoms with E-state index in [4.69, 9.17) is 11.5 Å². The zero-order valence-corrected chi connectivity index (χ0v) is 11.4. The van der Waals surface area contributed by atoms with Gasteiger partial charge in [0.15, 0.2) is 5.96 Å². The second-order valence-electron chi connectivity index (χ2n) is 4.90. The van der Waals surface area contributed by atoms with Crippen molar-refractivity contribution in [1.29, 1.82) is 0 Å². The molecule has 2 rings (SSSR count). The summed E-state index contributed by atoms with van der Waals surface area (Å²) in [5.41, 5.74) is 16.0. The Morgan fingerprint density at radius 1 is 1.21 bits per heavy atom. The van der Waals surface area contributed by atoms with E-state index in [1.165, 1.54) is 11.1 Å². The Morgan fingerprint density at radius 3 is 2.63 bits per heavy atom. The molecule has 1 aliphatic rings. The van der Waals surface area contributed by atoms with E-state index in [0.29, 0.717) is 0 Å². The van der Waals surface area contributed by atoms with E-state index in [1.54, 1.807) is 0 Å². The standard InChI is InChI=1S/C15H19N3O/c1-9-5-3-7-12-10(2)13(8-4-6-11(9)12)14(19)18-15(16)17/h3,5,7H,4,6,8H2,1-2H3,(H4,16,17,18,19). The van der Waals surface area contributed by atoms with Crippen molar-refractivity contribution in [1.82, 2.24) is 0 Å². The molecule has 1 amide bonds. The molecule has 19 heavy (non-hydrogen) atoms. The number of carbonyl (C=O) groups is 1. The van der Waals surface area contributed by atoms with Gasteiger partial charge in [0, 0.05) is 5.57 Å². The number of aliphatic imine (C=N–C) groups is 1. The molecule has 0 unspecified atom stereocenters. The molecule has 100 valence electrons. The molecule has 0 heterocycles. The van der Waals surface area contributed by atoms with Crippen molar-refractivity contribution in [2.24, 2.45) is 16.5 Å². The lowest BCUT2D eigenvalue weighted by Gasteiger charge is -2.11. The third-order valence-electron chi connectivity index (χ3n) is 3.61. The fourth-order valence-electron chi connectivity index (χ4n) is 2.63. The van der Waals surface area contributed by atoms with Gasteiger partial charge < -0.3 is 11.5 Å². The van der Waals surface area contributed by atoms with Gasteiger partial charge in [0.25, 0.3) is 5.91 Å². The number of guanidine groups is 1. The van der Waals surface area contributed by atoms with Gasteiger partial charge in [0.2, 0.25) is 0 Å². The number of amides is 1. The number of allylic oxidation sites excluding steroid dienone is 1. The number of rotatable bonds is 1. The minimum absolute atomic E-state index is 0.181. The number of carbonyl (C=O) groups excluding carboxylic acids is 1. The first-order valence-corrected chi connectivity index (χ1v) is 6.43. The summed E-state index contributed by atoms with van der Waals surface area (Å²) in [5.74, 6) is -0.495. The lowest BCUT2D eigenvalue weighted by molar-refractivity contribution is -0.114. The van der Waals surface area contributed by atoms with Crippen LogP contribution in [-0.2, 0) is 11.2 Å². The highest BCUT2D eigenvalue weighted by Gasteiger charge is 2.19. The van der Waals surface area contributed by atoms with Gasteiger partial charge in [-0.3, -0.25) is 4.79 Å². The lowest BCUT2D eigenvalue weighted by atomic mass is 9.94. The maximum absolute atomic E-state index is 12.1. The van der Waals surface area contributed by atoms with Gasteiger partial charge in [0.05, 0.1) is 0 Å². The van der Waals surface area contributed by atoms with Crippen LogP contribution in [0.5, 0.6) is 0 Å². The first-order valence-electron chi connectivity index (χ1n) is 6.43. The van der Waals surface area contributed by atoms with E-state index in [9.17, 15) is 4.79 Å². The van der Waals surface area contributed by atoms with E-state index in [2.05, 4.69) is 24.0 Å². The van der Waals surface area contributed by atoms with Gasteiger partial charge in [0.1, 0.15) is 0 Å². The third kappa shape index (κ3) is 2.67. The monoisotopic (exact) mass is 257 g/mol. The highest BCUT2D eigenvalue weighted by Crippen LogP contribution is 2.32. The van der Waals surface area contributed by atoms with E-state index < -0.39 is 0 Å². The molecule has 1 aliphatic carbocycles. The van der Waals surface area contributed by atoms with Gasteiger partial charge in [-0.05, 0) is 55.4 Å². The molecule has 0 saturated heterocycles. The predicted molar refractivity (Wildman–Crippen MR) is 77.5 cm³/mol. The minimum Gasteiger partial charge on any atom is -0.370 e. The molecule has 0 aliphatic heterocycles. The molecule has 0 saturated carbocycles. The number of fused-ring (bicyclic) bond motifs is 1. The van der Waals surface area contributed by atoms with Crippen LogP contribution in [0.4, 0.5) is 0 Å². The lowest BCUT2D eigenvalue weighted by Crippen LogP contribution is -2.24. The highest BCUT2D eigenvalue weighted by molar-refractivity contribution is 6.06. The van der Waals surface area contributed by atoms with Crippen molar-refractivity contribution >= 4 is 17.4 Å². The smallest absolute Gasteiger partial charge is 0.276 e. The normalized spacial score (nSPS) is 14.6. The summed E-state index contributed by atoms with van der Waals surface area (Å²) in [6.07, 6.45) is 2.64. The van der Waals surface area contributed by atoms with Crippen molar-refractivity contribution in [3.63, 3.8) is 0 Å². The molecule has 0 aromatic heterocycles. The van der Waals surface area contributed by atoms with Crippen LogP contribution in [0.25, 0.3) is 5.57 Å². The highest BCUT2D eigenvalue weighted by atomic mass is 16.1. The SMILES string of the molecule is CC1=C(C(=O)N=C(N)N)CCCc2c(C)cccc21. The van der Waals surface area contributed by atoms with Crippen LogP contribution < -0.4 is 11.5 Å². The fourth-order valence-corrected chi connectivity index (χ4v) is 2.63. The molecule has 4 heteroatoms. The molecular weight excluding hydrogens is 238 g/mol. The van der Waals surface area contributed by atoms with Crippen LogP contribution in [0, 0.1) is 6.92 Å². The van der Waals surface area contributed by atoms with Crippen LogP contribution in [-0.4, -0.2) is 11.9 Å². The van der Waals surface area contributed by atoms with Crippen molar-refractivity contribution in [3.8, 4) is 0 Å². The Labute approximate surface area is 113 Å². The van der Waals surface area contributed by atoms with Crippen LogP contribution in [0.15, 0.2) is 28.8 Å². The first-order chi connectivity index (χ1) is 9.00. The predicted octanol–water partition coefficient (Wildman–Crippen LogP) is 1.90. The Kier molecular flexibility index (Phi) is 3.69. The zero-order chi connectivity index (χ0) is 14.0. The summed E-state index contributed by atoms with van der Waals surface area (Å²) in [5, 5.41) is 0. The zero-order valence-electron chi connectivity index (χ0n) is 11.4. The van der Waals surface area contributed by atoms with E-state index in [1.807, 2.05) is 13.0 Å². The summed E-state index contributed by atoms with van der Waals surface area (Å²) in [6, 6.07) is 6.19. The number of benzene rings is 1. The molecule has 1 aromatic rings. The Bertz CT molecular complexity index is 581. The van der Waals surface area contributed by atoms with Crippen LogP contribution in [0.3, 0.4) is 0 Å². The van der Waals surface area contributed by atoms with Crippen LogP contribution in [0.2, 0.25) is 0 Å². The summed E-state index contributed by atoms with van der Waals surface area (Å²) in [6.45, 7) is 4.08. The summed E-state index contributed by atoms with van der Waals surface area (Å²) >= 11 is 0. The molecule has 1 aromatic carbocycles. The van der Waals surface area contributed by atoms with Crippen LogP contribution >= 0.6 is 0 Å². The summed E-state index contributed by atoms with van der Waals surface area (Å²) < 4.78 is 0. The number of aryl methyl sites for hydroxylation is 1. The van der Waals surface area contributed by atoms with Crippen LogP contribution in [0.1, 0.15) is 36.5 Å². The molecule has 0 atom stereocenters. The molecule has 0 fully saturated rings. The molecule has 4 nitrogen and oxygen atoms in total. The molecule has 0 bridgehead atoms. The summed E-state index contributed by atoms with van der Waals surface area (Å²) in [4.78, 5) is 15.7. The number of nitrogens with two attached hydrogens (primary N) is 2. The van der Waals surface area contributed by atoms with Gasteiger partial charge in [-0.2, -0.15) is 4.99 Å². The maximum Gasteiger partial charge on any atom is 0.276 e. The number of nitrogens with zero attached hydrogens (tertiary/aromatic N) is 1. The van der Waals surface area contributed by atoms with Gasteiger partial charge >= 0.3 is 0 Å². The van der Waals surface area contributed by atoms with Gasteiger partial charge in [-0.25, -0.2) is 0 Å². The summed E-state index contributed by atoms with van der Waals surface area (Å²) in [7, 11) is 0. The van der Waals surface area contributed by atoms with E-state index in [-0.39, 0.29) is 11.9 Å². The Morgan fingerprint density at radius 2 is 1.95 bits per heavy atom. The Hall–Kier alpha value is -2.10. The molecule has 0 spiro atoms. The van der Waals surface area contributed by atoms with E-state index in [0.717, 1.165) is 36.0 Å². The largest absolute Gasteiger partial charge is 0.370 e. The first kappa shape index (κ1) is 13.3. The molecular formula is C15H19N3O. The average Bonchev–Trinajstić information content (AvgIpc) is 2.50. The van der Waals surface area contributed by atoms with E-state index >= 15 is 0 Å². The second kappa shape index (κ2) is 5.26. The fraction of sp³-hybridized carbons (Fsp3) is 0.333. The Balaban J connectivity index is 2.53. The molecule has 0 radical (unpaired) electrons. The average molecular weight is 257 g/mol. The quantitative estimate of drug-likeness (QED) is 0.595. The number of hydrogen-bond acceptors (Lipinski definition) is 1. The van der Waals surface area contributed by atoms with Gasteiger partial charge in [-0.1, -0.05) is 18.2 Å². The maximum atomic E-state index is 12.1.